The zero-order valence-corrected chi connectivity index (χ0v) is 17.5. The normalized spacial score (nSPS) is 24.9. The minimum absolute atomic E-state index is 0.00390. The predicted molar refractivity (Wildman–Crippen MR) is 114 cm³/mol. The lowest BCUT2D eigenvalue weighted by atomic mass is 9.90. The molecule has 4 N–H and O–H groups in total. The van der Waals surface area contributed by atoms with Gasteiger partial charge in [-0.15, -0.1) is 11.3 Å². The largest absolute Gasteiger partial charge is 0.508 e. The lowest BCUT2D eigenvalue weighted by molar-refractivity contribution is -0.180. The van der Waals surface area contributed by atoms with Crippen molar-refractivity contribution in [1.82, 2.24) is 0 Å². The zero-order valence-electron chi connectivity index (χ0n) is 15.9. The van der Waals surface area contributed by atoms with Gasteiger partial charge in [-0.3, -0.25) is 0 Å². The first kappa shape index (κ1) is 20.6. The maximum Gasteiger partial charge on any atom is 0.121 e. The highest BCUT2D eigenvalue weighted by Crippen LogP contribution is 2.38. The first-order chi connectivity index (χ1) is 13.9. The third-order valence-corrected chi connectivity index (χ3v) is 6.79. The Balaban J connectivity index is 1.67. The quantitative estimate of drug-likeness (QED) is 0.502. The number of phenols is 1. The molecular formula is C22H23ClO5S. The summed E-state index contributed by atoms with van der Waals surface area (Å²) in [5.41, 5.74) is 2.33. The molecule has 0 unspecified atom stereocenters. The molecule has 1 saturated heterocycles. The van der Waals surface area contributed by atoms with E-state index < -0.39 is 24.4 Å². The highest BCUT2D eigenvalue weighted by Gasteiger charge is 2.38. The van der Waals surface area contributed by atoms with Crippen LogP contribution in [-0.2, 0) is 11.2 Å². The van der Waals surface area contributed by atoms with Gasteiger partial charge in [-0.25, -0.2) is 0 Å². The molecule has 2 aromatic carbocycles. The second-order valence-electron chi connectivity index (χ2n) is 7.56. The number of phenolic OH excluding ortho intramolecular Hbond substituents is 1. The van der Waals surface area contributed by atoms with E-state index >= 15 is 0 Å². The van der Waals surface area contributed by atoms with Crippen molar-refractivity contribution < 1.29 is 25.2 Å². The average Bonchev–Trinajstić information content (AvgIpc) is 3.07. The summed E-state index contributed by atoms with van der Waals surface area (Å²) in [5, 5.41) is 42.3. The van der Waals surface area contributed by atoms with Gasteiger partial charge in [0.2, 0.25) is 0 Å². The van der Waals surface area contributed by atoms with E-state index in [1.807, 2.05) is 31.2 Å². The third kappa shape index (κ3) is 4.14. The van der Waals surface area contributed by atoms with Gasteiger partial charge in [0.05, 0.1) is 18.8 Å². The van der Waals surface area contributed by atoms with E-state index in [9.17, 15) is 20.4 Å². The summed E-state index contributed by atoms with van der Waals surface area (Å²) in [6.07, 6.45) is -2.89. The van der Waals surface area contributed by atoms with Gasteiger partial charge in [-0.1, -0.05) is 11.6 Å². The Morgan fingerprint density at radius 1 is 1.17 bits per heavy atom. The smallest absolute Gasteiger partial charge is 0.121 e. The molecule has 0 radical (unpaired) electrons. The summed E-state index contributed by atoms with van der Waals surface area (Å²) < 4.78 is 6.91. The Morgan fingerprint density at radius 2 is 1.97 bits per heavy atom. The number of benzene rings is 2. The fourth-order valence-corrected chi connectivity index (χ4v) is 5.10. The van der Waals surface area contributed by atoms with Crippen LogP contribution in [0.4, 0.5) is 0 Å². The molecule has 3 aromatic rings. The van der Waals surface area contributed by atoms with E-state index in [1.54, 1.807) is 17.4 Å². The summed E-state index contributed by atoms with van der Waals surface area (Å²) in [6.45, 7) is 1.66. The van der Waals surface area contributed by atoms with Gasteiger partial charge in [0.15, 0.2) is 0 Å². The van der Waals surface area contributed by atoms with Crippen LogP contribution >= 0.6 is 22.9 Å². The lowest BCUT2D eigenvalue weighted by Crippen LogP contribution is -2.44. The molecule has 1 aliphatic rings. The summed E-state index contributed by atoms with van der Waals surface area (Å²) in [6, 6.07) is 11.4. The molecule has 0 amide bonds. The summed E-state index contributed by atoms with van der Waals surface area (Å²) in [7, 11) is 0. The monoisotopic (exact) mass is 434 g/mol. The standard InChI is InChI=1S/C22H23ClO5S/c1-11-4-18(25)17(22-21(27)19(26)9-15(10-24)28-22)8-12(11)6-16-7-13-5-14(23)2-3-20(13)29-16/h2-5,7-8,15,19,21-22,24-27H,6,9-10H2,1H3/t15-,19-,21+,22-/m0/s1. The van der Waals surface area contributed by atoms with Crippen molar-refractivity contribution in [1.29, 1.82) is 0 Å². The molecule has 0 bridgehead atoms. The number of ether oxygens (including phenoxy) is 1. The van der Waals surface area contributed by atoms with Gasteiger partial charge in [0.1, 0.15) is 18.0 Å². The van der Waals surface area contributed by atoms with Crippen LogP contribution in [-0.4, -0.2) is 45.3 Å². The molecule has 4 atom stereocenters. The second kappa shape index (κ2) is 8.22. The number of hydrogen-bond donors (Lipinski definition) is 4. The molecule has 1 fully saturated rings. The molecule has 4 rings (SSSR count). The van der Waals surface area contributed by atoms with Crippen molar-refractivity contribution in [2.45, 2.75) is 44.2 Å². The van der Waals surface area contributed by atoms with Crippen LogP contribution in [0.15, 0.2) is 36.4 Å². The fourth-order valence-electron chi connectivity index (χ4n) is 3.85. The Bertz CT molecular complexity index is 1030. The minimum atomic E-state index is -1.18. The zero-order chi connectivity index (χ0) is 20.7. The number of aromatic hydroxyl groups is 1. The molecule has 2 heterocycles. The number of thiophene rings is 1. The van der Waals surface area contributed by atoms with Gasteiger partial charge in [-0.05, 0) is 59.8 Å². The Morgan fingerprint density at radius 3 is 2.72 bits per heavy atom. The van der Waals surface area contributed by atoms with Crippen LogP contribution in [0.2, 0.25) is 5.02 Å². The van der Waals surface area contributed by atoms with Crippen molar-refractivity contribution in [2.75, 3.05) is 6.61 Å². The van der Waals surface area contributed by atoms with Gasteiger partial charge >= 0.3 is 0 Å². The van der Waals surface area contributed by atoms with Crippen molar-refractivity contribution in [3.8, 4) is 5.75 Å². The molecule has 0 spiro atoms. The van der Waals surface area contributed by atoms with E-state index in [2.05, 4.69) is 6.07 Å². The van der Waals surface area contributed by atoms with E-state index in [0.29, 0.717) is 17.0 Å². The molecule has 29 heavy (non-hydrogen) atoms. The number of aliphatic hydroxyl groups is 3. The maximum atomic E-state index is 10.5. The van der Waals surface area contributed by atoms with Crippen molar-refractivity contribution in [3.05, 3.63) is 63.0 Å². The molecule has 154 valence electrons. The van der Waals surface area contributed by atoms with Crippen LogP contribution in [0.25, 0.3) is 10.1 Å². The first-order valence-electron chi connectivity index (χ1n) is 9.48. The lowest BCUT2D eigenvalue weighted by Gasteiger charge is -2.37. The van der Waals surface area contributed by atoms with Gasteiger partial charge in [0.25, 0.3) is 0 Å². The molecule has 1 aromatic heterocycles. The van der Waals surface area contributed by atoms with Crippen molar-refractivity contribution >= 4 is 33.0 Å². The highest BCUT2D eigenvalue weighted by atomic mass is 35.5. The Kier molecular flexibility index (Phi) is 5.84. The number of fused-ring (bicyclic) bond motifs is 1. The van der Waals surface area contributed by atoms with E-state index in [4.69, 9.17) is 16.3 Å². The number of aryl methyl sites for hydroxylation is 1. The maximum absolute atomic E-state index is 10.5. The molecule has 7 heteroatoms. The molecule has 1 aliphatic heterocycles. The third-order valence-electron chi connectivity index (χ3n) is 5.44. The molecular weight excluding hydrogens is 412 g/mol. The van der Waals surface area contributed by atoms with Gasteiger partial charge in [-0.2, -0.15) is 0 Å². The highest BCUT2D eigenvalue weighted by molar-refractivity contribution is 7.19. The number of hydrogen-bond acceptors (Lipinski definition) is 6. The summed E-state index contributed by atoms with van der Waals surface area (Å²) >= 11 is 7.77. The molecule has 0 saturated carbocycles. The number of rotatable bonds is 4. The fraction of sp³-hybridized carbons (Fsp3) is 0.364. The van der Waals surface area contributed by atoms with E-state index in [-0.39, 0.29) is 18.8 Å². The molecule has 0 aliphatic carbocycles. The van der Waals surface area contributed by atoms with Gasteiger partial charge < -0.3 is 25.2 Å². The van der Waals surface area contributed by atoms with Crippen LogP contribution in [0, 0.1) is 6.92 Å². The van der Waals surface area contributed by atoms with Crippen LogP contribution in [0.5, 0.6) is 5.75 Å². The first-order valence-corrected chi connectivity index (χ1v) is 10.7. The Labute approximate surface area is 177 Å². The minimum Gasteiger partial charge on any atom is -0.508 e. The van der Waals surface area contributed by atoms with Crippen LogP contribution < -0.4 is 0 Å². The van der Waals surface area contributed by atoms with Crippen molar-refractivity contribution in [2.24, 2.45) is 0 Å². The van der Waals surface area contributed by atoms with E-state index in [0.717, 1.165) is 26.1 Å². The number of halogens is 1. The molecule has 5 nitrogen and oxygen atoms in total. The van der Waals surface area contributed by atoms with Crippen LogP contribution in [0.1, 0.15) is 34.1 Å². The second-order valence-corrected chi connectivity index (χ2v) is 9.17. The predicted octanol–water partition coefficient (Wildman–Crippen LogP) is 3.70. The van der Waals surface area contributed by atoms with Gasteiger partial charge in [0, 0.05) is 33.0 Å². The summed E-state index contributed by atoms with van der Waals surface area (Å²) in [4.78, 5) is 1.15. The summed E-state index contributed by atoms with van der Waals surface area (Å²) in [5.74, 6) is 0.00390. The number of aliphatic hydroxyl groups excluding tert-OH is 3. The van der Waals surface area contributed by atoms with E-state index in [1.165, 1.54) is 0 Å². The topological polar surface area (TPSA) is 90.2 Å². The van der Waals surface area contributed by atoms with Crippen LogP contribution in [0.3, 0.4) is 0 Å². The average molecular weight is 435 g/mol. The SMILES string of the molecule is Cc1cc(O)c([C@@H]2O[C@H](CO)C[C@H](O)[C@H]2O)cc1Cc1cc2cc(Cl)ccc2s1. The van der Waals surface area contributed by atoms with Crippen molar-refractivity contribution in [3.63, 3.8) is 0 Å². The Hall–Kier alpha value is -1.67.